The topological polar surface area (TPSA) is 63.6 Å². The van der Waals surface area contributed by atoms with Crippen molar-refractivity contribution in [3.8, 4) is 6.07 Å². The molecule has 0 radical (unpaired) electrons. The Labute approximate surface area is 173 Å². The molecule has 2 aromatic carbocycles. The van der Waals surface area contributed by atoms with Crippen molar-refractivity contribution in [3.63, 3.8) is 0 Å². The molecule has 0 bridgehead atoms. The fourth-order valence-electron chi connectivity index (χ4n) is 3.55. The van der Waals surface area contributed by atoms with Crippen molar-refractivity contribution in [1.29, 1.82) is 5.26 Å². The zero-order valence-electron chi connectivity index (χ0n) is 16.6. The summed E-state index contributed by atoms with van der Waals surface area (Å²) in [6.07, 6.45) is 3.50. The largest absolute Gasteiger partial charge is 0.342 e. The van der Waals surface area contributed by atoms with E-state index in [1.807, 2.05) is 41.1 Å². The van der Waals surface area contributed by atoms with Gasteiger partial charge in [0, 0.05) is 34.9 Å². The Balaban J connectivity index is 1.76. The van der Waals surface area contributed by atoms with E-state index in [0.29, 0.717) is 17.9 Å². The van der Waals surface area contributed by atoms with Crippen molar-refractivity contribution in [2.45, 2.75) is 20.4 Å². The van der Waals surface area contributed by atoms with Gasteiger partial charge in [0.1, 0.15) is 17.5 Å². The lowest BCUT2D eigenvalue weighted by atomic mass is 10.1. The standard InChI is InChI=1S/C24H19FN4O/c1-16-11-17(2)29(27-16)24(30)19(13-26)12-20-15-28(23-6-4-3-5-22(20)23)14-18-7-9-21(25)10-8-18/h3-12,15H,14H2,1-2H3/b19-12+. The van der Waals surface area contributed by atoms with Gasteiger partial charge in [0.25, 0.3) is 5.91 Å². The van der Waals surface area contributed by atoms with Crippen LogP contribution in [0.15, 0.2) is 66.4 Å². The van der Waals surface area contributed by atoms with Crippen molar-refractivity contribution >= 4 is 22.9 Å². The minimum absolute atomic E-state index is 0.00545. The molecule has 0 saturated carbocycles. The zero-order valence-corrected chi connectivity index (χ0v) is 16.6. The van der Waals surface area contributed by atoms with Gasteiger partial charge in [-0.1, -0.05) is 30.3 Å². The summed E-state index contributed by atoms with van der Waals surface area (Å²) in [4.78, 5) is 12.8. The minimum atomic E-state index is -0.460. The number of rotatable bonds is 4. The van der Waals surface area contributed by atoms with Crippen LogP contribution in [0.4, 0.5) is 4.39 Å². The summed E-state index contributed by atoms with van der Waals surface area (Å²) in [5.41, 5.74) is 4.08. The van der Waals surface area contributed by atoms with Crippen molar-refractivity contribution in [3.05, 3.63) is 94.7 Å². The van der Waals surface area contributed by atoms with E-state index in [-0.39, 0.29) is 11.4 Å². The highest BCUT2D eigenvalue weighted by Crippen LogP contribution is 2.25. The molecular formula is C24H19FN4O. The van der Waals surface area contributed by atoms with E-state index in [9.17, 15) is 14.4 Å². The highest BCUT2D eigenvalue weighted by molar-refractivity contribution is 6.05. The van der Waals surface area contributed by atoms with E-state index in [0.717, 1.165) is 22.0 Å². The van der Waals surface area contributed by atoms with Gasteiger partial charge in [-0.2, -0.15) is 10.4 Å². The molecule has 30 heavy (non-hydrogen) atoms. The van der Waals surface area contributed by atoms with E-state index in [2.05, 4.69) is 5.10 Å². The van der Waals surface area contributed by atoms with Gasteiger partial charge < -0.3 is 4.57 Å². The zero-order chi connectivity index (χ0) is 21.3. The lowest BCUT2D eigenvalue weighted by molar-refractivity contribution is 0.0943. The third-order valence-corrected chi connectivity index (χ3v) is 4.94. The van der Waals surface area contributed by atoms with E-state index >= 15 is 0 Å². The second kappa shape index (κ2) is 7.80. The molecule has 148 valence electrons. The molecule has 4 rings (SSSR count). The summed E-state index contributed by atoms with van der Waals surface area (Å²) < 4.78 is 16.5. The number of carbonyl (C=O) groups excluding carboxylic acids is 1. The summed E-state index contributed by atoms with van der Waals surface area (Å²) in [6, 6.07) is 17.9. The SMILES string of the molecule is Cc1cc(C)n(C(=O)/C(C#N)=C/c2cn(Cc3ccc(F)cc3)c3ccccc23)n1. The van der Waals surface area contributed by atoms with Crippen LogP contribution in [-0.4, -0.2) is 20.3 Å². The number of hydrogen-bond acceptors (Lipinski definition) is 3. The van der Waals surface area contributed by atoms with Gasteiger partial charge in [-0.3, -0.25) is 4.79 Å². The van der Waals surface area contributed by atoms with Gasteiger partial charge in [0.15, 0.2) is 0 Å². The monoisotopic (exact) mass is 398 g/mol. The van der Waals surface area contributed by atoms with E-state index in [4.69, 9.17) is 0 Å². The summed E-state index contributed by atoms with van der Waals surface area (Å²) >= 11 is 0. The number of allylic oxidation sites excluding steroid dienone is 1. The first kappa shape index (κ1) is 19.3. The smallest absolute Gasteiger partial charge is 0.289 e. The number of nitrogens with zero attached hydrogens (tertiary/aromatic N) is 4. The van der Waals surface area contributed by atoms with Crippen molar-refractivity contribution < 1.29 is 9.18 Å². The Hall–Kier alpha value is -3.98. The highest BCUT2D eigenvalue weighted by Gasteiger charge is 2.17. The number of aromatic nitrogens is 3. The Kier molecular flexibility index (Phi) is 5.03. The minimum Gasteiger partial charge on any atom is -0.342 e. The molecule has 5 nitrogen and oxygen atoms in total. The number of benzene rings is 2. The van der Waals surface area contributed by atoms with E-state index < -0.39 is 5.91 Å². The lowest BCUT2D eigenvalue weighted by Gasteiger charge is -2.05. The van der Waals surface area contributed by atoms with Gasteiger partial charge in [-0.25, -0.2) is 9.07 Å². The Morgan fingerprint density at radius 3 is 2.57 bits per heavy atom. The summed E-state index contributed by atoms with van der Waals surface area (Å²) in [5.74, 6) is -0.737. The van der Waals surface area contributed by atoms with Gasteiger partial charge in [-0.05, 0) is 49.8 Å². The molecule has 0 atom stereocenters. The maximum absolute atomic E-state index is 13.2. The number of halogens is 1. The quantitative estimate of drug-likeness (QED) is 0.363. The summed E-state index contributed by atoms with van der Waals surface area (Å²) in [6.45, 7) is 4.12. The van der Waals surface area contributed by atoms with Crippen molar-refractivity contribution in [1.82, 2.24) is 14.3 Å². The molecule has 0 unspecified atom stereocenters. The van der Waals surface area contributed by atoms with Gasteiger partial charge in [-0.15, -0.1) is 0 Å². The molecule has 6 heteroatoms. The molecule has 4 aromatic rings. The number of fused-ring (bicyclic) bond motifs is 1. The Morgan fingerprint density at radius 2 is 1.90 bits per heavy atom. The number of para-hydroxylation sites is 1. The Bertz CT molecular complexity index is 1320. The normalized spacial score (nSPS) is 11.6. The number of aryl methyl sites for hydroxylation is 2. The average molecular weight is 398 g/mol. The van der Waals surface area contributed by atoms with Crippen LogP contribution in [0.25, 0.3) is 17.0 Å². The molecule has 0 amide bonds. The Morgan fingerprint density at radius 1 is 1.17 bits per heavy atom. The van der Waals surface area contributed by atoms with E-state index in [1.165, 1.54) is 16.8 Å². The molecule has 0 aliphatic heterocycles. The molecule has 2 heterocycles. The first-order chi connectivity index (χ1) is 14.5. The van der Waals surface area contributed by atoms with Crippen LogP contribution in [-0.2, 0) is 6.54 Å². The van der Waals surface area contributed by atoms with Gasteiger partial charge in [0.2, 0.25) is 0 Å². The van der Waals surface area contributed by atoms with E-state index in [1.54, 1.807) is 38.1 Å². The maximum Gasteiger partial charge on any atom is 0.289 e. The predicted octanol–water partition coefficient (Wildman–Crippen LogP) is 4.89. The third kappa shape index (κ3) is 3.65. The van der Waals surface area contributed by atoms with Crippen molar-refractivity contribution in [2.24, 2.45) is 0 Å². The number of nitriles is 1. The molecule has 0 aliphatic rings. The van der Waals surface area contributed by atoms with Crippen molar-refractivity contribution in [2.75, 3.05) is 0 Å². The molecule has 0 aliphatic carbocycles. The number of carbonyl (C=O) groups is 1. The predicted molar refractivity (Wildman–Crippen MR) is 113 cm³/mol. The molecule has 0 fully saturated rings. The molecule has 0 N–H and O–H groups in total. The van der Waals surface area contributed by atoms with Crippen LogP contribution in [0.5, 0.6) is 0 Å². The second-order valence-corrected chi connectivity index (χ2v) is 7.17. The van der Waals surface area contributed by atoms with Gasteiger partial charge >= 0.3 is 0 Å². The van der Waals surface area contributed by atoms with Crippen LogP contribution in [0.2, 0.25) is 0 Å². The summed E-state index contributed by atoms with van der Waals surface area (Å²) in [7, 11) is 0. The maximum atomic E-state index is 13.2. The van der Waals surface area contributed by atoms with Crippen LogP contribution in [0.3, 0.4) is 0 Å². The molecule has 0 saturated heterocycles. The number of hydrogen-bond donors (Lipinski definition) is 0. The molecular weight excluding hydrogens is 379 g/mol. The molecule has 0 spiro atoms. The van der Waals surface area contributed by atoms with Crippen LogP contribution in [0.1, 0.15) is 27.3 Å². The lowest BCUT2D eigenvalue weighted by Crippen LogP contribution is -2.15. The summed E-state index contributed by atoms with van der Waals surface area (Å²) in [5, 5.41) is 14.7. The highest BCUT2D eigenvalue weighted by atomic mass is 19.1. The first-order valence-corrected chi connectivity index (χ1v) is 9.48. The fourth-order valence-corrected chi connectivity index (χ4v) is 3.55. The molecule has 2 aromatic heterocycles. The first-order valence-electron chi connectivity index (χ1n) is 9.48. The average Bonchev–Trinajstić information content (AvgIpc) is 3.26. The van der Waals surface area contributed by atoms with Gasteiger partial charge in [0.05, 0.1) is 5.69 Å². The van der Waals surface area contributed by atoms with Crippen LogP contribution in [0, 0.1) is 31.0 Å². The second-order valence-electron chi connectivity index (χ2n) is 7.17. The van der Waals surface area contributed by atoms with Crippen LogP contribution < -0.4 is 0 Å². The van der Waals surface area contributed by atoms with Crippen LogP contribution >= 0.6 is 0 Å². The third-order valence-electron chi connectivity index (χ3n) is 4.94. The fraction of sp³-hybridized carbons (Fsp3) is 0.125.